The van der Waals surface area contributed by atoms with Crippen LogP contribution in [0.1, 0.15) is 18.1 Å². The van der Waals surface area contributed by atoms with Gasteiger partial charge in [0.15, 0.2) is 11.5 Å². The van der Waals surface area contributed by atoms with Gasteiger partial charge in [0.25, 0.3) is 0 Å². The van der Waals surface area contributed by atoms with Gasteiger partial charge in [0.05, 0.1) is 10.2 Å². The van der Waals surface area contributed by atoms with Crippen molar-refractivity contribution < 1.29 is 9.47 Å². The fraction of sp³-hybridized carbons (Fsp3) is 0.235. The fourth-order valence-corrected chi connectivity index (χ4v) is 3.06. The van der Waals surface area contributed by atoms with Crippen LogP contribution in [0.4, 0.5) is 0 Å². The molecule has 0 amide bonds. The predicted octanol–water partition coefficient (Wildman–Crippen LogP) is 3.76. The van der Waals surface area contributed by atoms with Crippen molar-refractivity contribution in [3.8, 4) is 22.9 Å². The van der Waals surface area contributed by atoms with Crippen LogP contribution in [0, 0.1) is 10.5 Å². The van der Waals surface area contributed by atoms with Gasteiger partial charge < -0.3 is 9.47 Å². The molecule has 0 radical (unpaired) electrons. The summed E-state index contributed by atoms with van der Waals surface area (Å²) in [5.74, 6) is 1.94. The molecular weight excluding hydrogens is 419 g/mol. The Morgan fingerprint density at radius 3 is 2.71 bits per heavy atom. The van der Waals surface area contributed by atoms with Crippen LogP contribution in [0.2, 0.25) is 0 Å². The average molecular weight is 436 g/mol. The van der Waals surface area contributed by atoms with E-state index in [0.717, 1.165) is 20.4 Å². The zero-order valence-electron chi connectivity index (χ0n) is 13.4. The first kappa shape index (κ1) is 16.7. The summed E-state index contributed by atoms with van der Waals surface area (Å²) in [5.41, 5.74) is 3.19. The Bertz CT molecular complexity index is 821. The van der Waals surface area contributed by atoms with Gasteiger partial charge >= 0.3 is 0 Å². The van der Waals surface area contributed by atoms with Crippen molar-refractivity contribution in [2.75, 3.05) is 6.61 Å². The molecule has 1 N–H and O–H groups in total. The lowest BCUT2D eigenvalue weighted by Crippen LogP contribution is -2.03. The van der Waals surface area contributed by atoms with Crippen molar-refractivity contribution in [1.82, 2.24) is 20.6 Å². The van der Waals surface area contributed by atoms with E-state index in [1.807, 2.05) is 31.2 Å². The summed E-state index contributed by atoms with van der Waals surface area (Å²) in [6, 6.07) is 12.0. The topological polar surface area (TPSA) is 72.9 Å². The quantitative estimate of drug-likeness (QED) is 0.596. The summed E-state index contributed by atoms with van der Waals surface area (Å²) in [6.45, 7) is 5.06. The lowest BCUT2D eigenvalue weighted by atomic mass is 10.1. The first-order valence-corrected chi connectivity index (χ1v) is 8.64. The largest absolute Gasteiger partial charge is 0.490 e. The maximum Gasteiger partial charge on any atom is 0.204 e. The summed E-state index contributed by atoms with van der Waals surface area (Å²) in [6.07, 6.45) is 0. The van der Waals surface area contributed by atoms with E-state index in [4.69, 9.17) is 9.47 Å². The van der Waals surface area contributed by atoms with Crippen LogP contribution in [0.15, 0.2) is 36.4 Å². The highest BCUT2D eigenvalue weighted by atomic mass is 127. The Labute approximate surface area is 153 Å². The second kappa shape index (κ2) is 7.61. The van der Waals surface area contributed by atoms with E-state index in [0.29, 0.717) is 24.8 Å². The number of aromatic amines is 1. The monoisotopic (exact) mass is 436 g/mol. The number of tetrazole rings is 1. The maximum absolute atomic E-state index is 6.06. The average Bonchev–Trinajstić information content (AvgIpc) is 3.10. The molecule has 3 aromatic rings. The van der Waals surface area contributed by atoms with Gasteiger partial charge in [0, 0.05) is 5.56 Å². The van der Waals surface area contributed by atoms with Gasteiger partial charge in [-0.1, -0.05) is 24.3 Å². The molecule has 0 atom stereocenters. The van der Waals surface area contributed by atoms with Crippen LogP contribution in [0.5, 0.6) is 11.5 Å². The van der Waals surface area contributed by atoms with Crippen molar-refractivity contribution in [3.05, 3.63) is 51.1 Å². The van der Waals surface area contributed by atoms with Crippen LogP contribution in [-0.4, -0.2) is 27.2 Å². The highest BCUT2D eigenvalue weighted by molar-refractivity contribution is 14.1. The molecule has 0 aliphatic heterocycles. The van der Waals surface area contributed by atoms with Crippen molar-refractivity contribution in [1.29, 1.82) is 0 Å². The molecule has 24 heavy (non-hydrogen) atoms. The van der Waals surface area contributed by atoms with E-state index in [1.54, 1.807) is 0 Å². The van der Waals surface area contributed by atoms with Gasteiger partial charge in [-0.15, -0.1) is 10.2 Å². The molecule has 0 spiro atoms. The van der Waals surface area contributed by atoms with Crippen molar-refractivity contribution in [2.24, 2.45) is 0 Å². The van der Waals surface area contributed by atoms with Crippen LogP contribution in [0.3, 0.4) is 0 Å². The molecule has 2 aromatic carbocycles. The van der Waals surface area contributed by atoms with Crippen LogP contribution >= 0.6 is 22.6 Å². The smallest absolute Gasteiger partial charge is 0.204 e. The van der Waals surface area contributed by atoms with E-state index in [1.165, 1.54) is 5.56 Å². The predicted molar refractivity (Wildman–Crippen MR) is 99.0 cm³/mol. The number of hydrogen-bond donors (Lipinski definition) is 1. The number of nitrogens with zero attached hydrogens (tertiary/aromatic N) is 3. The van der Waals surface area contributed by atoms with E-state index < -0.39 is 0 Å². The number of ether oxygens (including phenoxy) is 2. The minimum Gasteiger partial charge on any atom is -0.490 e. The van der Waals surface area contributed by atoms with Gasteiger partial charge in [-0.3, -0.25) is 0 Å². The highest BCUT2D eigenvalue weighted by Crippen LogP contribution is 2.37. The minimum absolute atomic E-state index is 0.490. The maximum atomic E-state index is 6.06. The van der Waals surface area contributed by atoms with E-state index >= 15 is 0 Å². The first-order chi connectivity index (χ1) is 11.7. The molecule has 0 fully saturated rings. The number of benzene rings is 2. The third-order valence-corrected chi connectivity index (χ3v) is 4.35. The zero-order valence-corrected chi connectivity index (χ0v) is 15.6. The highest BCUT2D eigenvalue weighted by Gasteiger charge is 2.15. The summed E-state index contributed by atoms with van der Waals surface area (Å²) in [4.78, 5) is 0. The minimum atomic E-state index is 0.490. The third kappa shape index (κ3) is 3.66. The molecule has 124 valence electrons. The number of hydrogen-bond acceptors (Lipinski definition) is 5. The van der Waals surface area contributed by atoms with Crippen molar-refractivity contribution in [3.63, 3.8) is 0 Å². The lowest BCUT2D eigenvalue weighted by molar-refractivity contribution is 0.267. The number of H-pyrrole nitrogens is 1. The normalized spacial score (nSPS) is 10.6. The van der Waals surface area contributed by atoms with Crippen LogP contribution < -0.4 is 9.47 Å². The molecule has 0 unspecified atom stereocenters. The molecule has 7 heteroatoms. The second-order valence-electron chi connectivity index (χ2n) is 5.17. The number of aryl methyl sites for hydroxylation is 1. The Morgan fingerprint density at radius 1 is 1.17 bits per heavy atom. The second-order valence-corrected chi connectivity index (χ2v) is 6.33. The van der Waals surface area contributed by atoms with Crippen LogP contribution in [-0.2, 0) is 6.61 Å². The Morgan fingerprint density at radius 2 is 2.00 bits per heavy atom. The Kier molecular flexibility index (Phi) is 5.29. The molecular formula is C17H17IN4O2. The molecule has 1 heterocycles. The standard InChI is InChI=1S/C17H17IN4O2/c1-3-23-15-9-13(17-19-21-22-20-17)8-14(18)16(15)24-10-12-7-5-4-6-11(12)2/h4-9H,3,10H2,1-2H3,(H,19,20,21,22). The summed E-state index contributed by atoms with van der Waals surface area (Å²) < 4.78 is 12.8. The molecule has 0 saturated heterocycles. The molecule has 6 nitrogen and oxygen atoms in total. The van der Waals surface area contributed by atoms with E-state index in [9.17, 15) is 0 Å². The molecule has 0 aliphatic carbocycles. The Balaban J connectivity index is 1.90. The molecule has 0 saturated carbocycles. The van der Waals surface area contributed by atoms with Crippen molar-refractivity contribution in [2.45, 2.75) is 20.5 Å². The summed E-state index contributed by atoms with van der Waals surface area (Å²) in [7, 11) is 0. The first-order valence-electron chi connectivity index (χ1n) is 7.56. The zero-order chi connectivity index (χ0) is 16.9. The van der Waals surface area contributed by atoms with Gasteiger partial charge in [0.2, 0.25) is 5.82 Å². The molecule has 1 aromatic heterocycles. The lowest BCUT2D eigenvalue weighted by Gasteiger charge is -2.15. The van der Waals surface area contributed by atoms with Crippen molar-refractivity contribution >= 4 is 22.6 Å². The van der Waals surface area contributed by atoms with Gasteiger partial charge in [0.1, 0.15) is 6.61 Å². The van der Waals surface area contributed by atoms with Gasteiger partial charge in [-0.05, 0) is 64.9 Å². The number of rotatable bonds is 6. The van der Waals surface area contributed by atoms with Crippen LogP contribution in [0.25, 0.3) is 11.4 Å². The number of nitrogens with one attached hydrogen (secondary N) is 1. The Hall–Kier alpha value is -2.16. The van der Waals surface area contributed by atoms with E-state index in [-0.39, 0.29) is 0 Å². The summed E-state index contributed by atoms with van der Waals surface area (Å²) >= 11 is 2.24. The number of aromatic nitrogens is 4. The molecule has 0 bridgehead atoms. The van der Waals surface area contributed by atoms with Gasteiger partial charge in [-0.25, -0.2) is 0 Å². The molecule has 3 rings (SSSR count). The summed E-state index contributed by atoms with van der Waals surface area (Å²) in [5, 5.41) is 14.1. The SMILES string of the molecule is CCOc1cc(-c2nn[nH]n2)cc(I)c1OCc1ccccc1C. The van der Waals surface area contributed by atoms with E-state index in [2.05, 4.69) is 62.3 Å². The fourth-order valence-electron chi connectivity index (χ4n) is 2.31. The number of halogens is 1. The third-order valence-electron chi connectivity index (χ3n) is 3.55. The van der Waals surface area contributed by atoms with Gasteiger partial charge in [-0.2, -0.15) is 5.21 Å². The molecule has 0 aliphatic rings.